The second-order valence-corrected chi connectivity index (χ2v) is 4.30. The Labute approximate surface area is 86.2 Å². The Bertz CT molecular complexity index is 267. The molecule has 1 heterocycles. The van der Waals surface area contributed by atoms with Crippen molar-refractivity contribution in [2.45, 2.75) is 19.4 Å². The number of likely N-dealkylation sites (N-methyl/N-ethyl adjacent to an activating group) is 1. The molecule has 14 heavy (non-hydrogen) atoms. The number of hydrogen-bond acceptors (Lipinski definition) is 3. The molecule has 0 aliphatic rings. The molecular weight excluding hydrogens is 174 g/mol. The molecule has 0 fully saturated rings. The van der Waals surface area contributed by atoms with E-state index in [2.05, 4.69) is 43.1 Å². The van der Waals surface area contributed by atoms with Gasteiger partial charge in [-0.2, -0.15) is 0 Å². The van der Waals surface area contributed by atoms with Gasteiger partial charge in [0, 0.05) is 30.2 Å². The third kappa shape index (κ3) is 3.00. The van der Waals surface area contributed by atoms with Crippen LogP contribution in [-0.2, 0) is 0 Å². The number of nitrogens with zero attached hydrogens (tertiary/aromatic N) is 2. The summed E-state index contributed by atoms with van der Waals surface area (Å²) in [6.07, 6.45) is 3.59. The molecule has 0 bridgehead atoms. The van der Waals surface area contributed by atoms with E-state index in [1.807, 2.05) is 12.1 Å². The van der Waals surface area contributed by atoms with Crippen molar-refractivity contribution < 1.29 is 0 Å². The molecule has 0 amide bonds. The normalized spacial score (nSPS) is 11.8. The van der Waals surface area contributed by atoms with Gasteiger partial charge in [-0.15, -0.1) is 0 Å². The SMILES string of the molecule is CN(C)C(C)(C)CNc1ccncc1. The molecule has 0 atom stereocenters. The van der Waals surface area contributed by atoms with E-state index < -0.39 is 0 Å². The first-order valence-electron chi connectivity index (χ1n) is 4.84. The fraction of sp³-hybridized carbons (Fsp3) is 0.545. The van der Waals surface area contributed by atoms with Gasteiger partial charge in [-0.3, -0.25) is 4.98 Å². The first-order valence-corrected chi connectivity index (χ1v) is 4.84. The first kappa shape index (κ1) is 11.0. The molecule has 0 radical (unpaired) electrons. The average molecular weight is 193 g/mol. The lowest BCUT2D eigenvalue weighted by Gasteiger charge is -2.33. The Morgan fingerprint density at radius 2 is 1.86 bits per heavy atom. The largest absolute Gasteiger partial charge is 0.383 e. The molecule has 1 rings (SSSR count). The van der Waals surface area contributed by atoms with Crippen LogP contribution in [0.15, 0.2) is 24.5 Å². The van der Waals surface area contributed by atoms with Gasteiger partial charge in [-0.05, 0) is 40.1 Å². The van der Waals surface area contributed by atoms with E-state index in [1.54, 1.807) is 12.4 Å². The van der Waals surface area contributed by atoms with Gasteiger partial charge in [-0.1, -0.05) is 0 Å². The number of pyridine rings is 1. The molecule has 3 heteroatoms. The molecule has 1 aromatic rings. The predicted octanol–water partition coefficient (Wildman–Crippen LogP) is 1.83. The molecule has 0 aliphatic heterocycles. The van der Waals surface area contributed by atoms with Gasteiger partial charge in [0.1, 0.15) is 0 Å². The molecule has 0 spiro atoms. The van der Waals surface area contributed by atoms with Crippen molar-refractivity contribution in [1.29, 1.82) is 0 Å². The van der Waals surface area contributed by atoms with Crippen LogP contribution in [0.5, 0.6) is 0 Å². The lowest BCUT2D eigenvalue weighted by atomic mass is 10.0. The maximum atomic E-state index is 3.97. The highest BCUT2D eigenvalue weighted by Crippen LogP contribution is 2.12. The quantitative estimate of drug-likeness (QED) is 0.790. The molecule has 3 nitrogen and oxygen atoms in total. The van der Waals surface area contributed by atoms with Crippen molar-refractivity contribution in [1.82, 2.24) is 9.88 Å². The van der Waals surface area contributed by atoms with Gasteiger partial charge in [-0.25, -0.2) is 0 Å². The Balaban J connectivity index is 2.49. The van der Waals surface area contributed by atoms with Gasteiger partial charge < -0.3 is 10.2 Å². The minimum atomic E-state index is 0.156. The van der Waals surface area contributed by atoms with Crippen LogP contribution in [0.2, 0.25) is 0 Å². The monoisotopic (exact) mass is 193 g/mol. The summed E-state index contributed by atoms with van der Waals surface area (Å²) in [4.78, 5) is 6.18. The van der Waals surface area contributed by atoms with Crippen molar-refractivity contribution in [2.75, 3.05) is 26.0 Å². The van der Waals surface area contributed by atoms with Gasteiger partial charge >= 0.3 is 0 Å². The maximum absolute atomic E-state index is 3.97. The Morgan fingerprint density at radius 3 is 2.36 bits per heavy atom. The molecular formula is C11H19N3. The summed E-state index contributed by atoms with van der Waals surface area (Å²) in [6.45, 7) is 5.34. The van der Waals surface area contributed by atoms with Gasteiger partial charge in [0.05, 0.1) is 0 Å². The molecule has 1 aromatic heterocycles. The van der Waals surface area contributed by atoms with Crippen LogP contribution in [0, 0.1) is 0 Å². The van der Waals surface area contributed by atoms with Crippen LogP contribution in [0.4, 0.5) is 5.69 Å². The van der Waals surface area contributed by atoms with Crippen LogP contribution in [0.1, 0.15) is 13.8 Å². The van der Waals surface area contributed by atoms with Gasteiger partial charge in [0.25, 0.3) is 0 Å². The summed E-state index contributed by atoms with van der Waals surface area (Å²) >= 11 is 0. The van der Waals surface area contributed by atoms with Crippen LogP contribution in [-0.4, -0.2) is 36.1 Å². The van der Waals surface area contributed by atoms with Crippen LogP contribution in [0.25, 0.3) is 0 Å². The van der Waals surface area contributed by atoms with Gasteiger partial charge in [0.2, 0.25) is 0 Å². The van der Waals surface area contributed by atoms with Gasteiger partial charge in [0.15, 0.2) is 0 Å². The highest BCUT2D eigenvalue weighted by Gasteiger charge is 2.19. The molecule has 1 N–H and O–H groups in total. The van der Waals surface area contributed by atoms with E-state index in [-0.39, 0.29) is 5.54 Å². The molecule has 78 valence electrons. The lowest BCUT2D eigenvalue weighted by Crippen LogP contribution is -2.44. The van der Waals surface area contributed by atoms with Crippen molar-refractivity contribution >= 4 is 5.69 Å². The fourth-order valence-electron chi connectivity index (χ4n) is 0.946. The van der Waals surface area contributed by atoms with Crippen molar-refractivity contribution in [3.05, 3.63) is 24.5 Å². The summed E-state index contributed by atoms with van der Waals surface area (Å²) in [6, 6.07) is 3.96. The molecule has 0 saturated carbocycles. The Morgan fingerprint density at radius 1 is 1.29 bits per heavy atom. The zero-order valence-electron chi connectivity index (χ0n) is 9.41. The smallest absolute Gasteiger partial charge is 0.0371 e. The van der Waals surface area contributed by atoms with Crippen molar-refractivity contribution in [2.24, 2.45) is 0 Å². The fourth-order valence-corrected chi connectivity index (χ4v) is 0.946. The van der Waals surface area contributed by atoms with E-state index in [9.17, 15) is 0 Å². The summed E-state index contributed by atoms with van der Waals surface area (Å²) in [5.41, 5.74) is 1.28. The van der Waals surface area contributed by atoms with E-state index in [0.29, 0.717) is 0 Å². The van der Waals surface area contributed by atoms with Crippen molar-refractivity contribution in [3.8, 4) is 0 Å². The zero-order valence-corrected chi connectivity index (χ0v) is 9.41. The van der Waals surface area contributed by atoms with E-state index >= 15 is 0 Å². The first-order chi connectivity index (χ1) is 6.52. The standard InChI is InChI=1S/C11H19N3/c1-11(2,14(3)4)9-13-10-5-7-12-8-6-10/h5-8H,9H2,1-4H3,(H,12,13). The predicted molar refractivity (Wildman–Crippen MR) is 60.5 cm³/mol. The third-order valence-electron chi connectivity index (χ3n) is 2.62. The molecule has 0 saturated heterocycles. The second kappa shape index (κ2) is 4.42. The maximum Gasteiger partial charge on any atom is 0.0371 e. The van der Waals surface area contributed by atoms with Crippen molar-refractivity contribution in [3.63, 3.8) is 0 Å². The van der Waals surface area contributed by atoms with E-state index in [4.69, 9.17) is 0 Å². The highest BCUT2D eigenvalue weighted by molar-refractivity contribution is 5.41. The number of rotatable bonds is 4. The Hall–Kier alpha value is -1.09. The minimum Gasteiger partial charge on any atom is -0.383 e. The molecule has 0 aromatic carbocycles. The lowest BCUT2D eigenvalue weighted by molar-refractivity contribution is 0.210. The molecule has 0 unspecified atom stereocenters. The van der Waals surface area contributed by atoms with Crippen LogP contribution in [0.3, 0.4) is 0 Å². The Kier molecular flexibility index (Phi) is 3.47. The highest BCUT2D eigenvalue weighted by atomic mass is 15.2. The minimum absolute atomic E-state index is 0.156. The number of nitrogens with one attached hydrogen (secondary N) is 1. The number of hydrogen-bond donors (Lipinski definition) is 1. The summed E-state index contributed by atoms with van der Waals surface area (Å²) < 4.78 is 0. The number of anilines is 1. The average Bonchev–Trinajstić information content (AvgIpc) is 2.16. The third-order valence-corrected chi connectivity index (χ3v) is 2.62. The van der Waals surface area contributed by atoms with E-state index in [0.717, 1.165) is 12.2 Å². The molecule has 0 aliphatic carbocycles. The zero-order chi connectivity index (χ0) is 10.6. The van der Waals surface area contributed by atoms with Crippen LogP contribution < -0.4 is 5.32 Å². The summed E-state index contributed by atoms with van der Waals surface area (Å²) in [7, 11) is 4.18. The summed E-state index contributed by atoms with van der Waals surface area (Å²) in [5.74, 6) is 0. The van der Waals surface area contributed by atoms with Crippen LogP contribution >= 0.6 is 0 Å². The van der Waals surface area contributed by atoms with E-state index in [1.165, 1.54) is 0 Å². The second-order valence-electron chi connectivity index (χ2n) is 4.30. The topological polar surface area (TPSA) is 28.2 Å². The number of aromatic nitrogens is 1. The summed E-state index contributed by atoms with van der Waals surface area (Å²) in [5, 5.41) is 3.38.